The smallest absolute Gasteiger partial charge is 0.222 e. The van der Waals surface area contributed by atoms with Gasteiger partial charge in [0.2, 0.25) is 5.91 Å². The van der Waals surface area contributed by atoms with E-state index in [1.807, 2.05) is 6.07 Å². The quantitative estimate of drug-likeness (QED) is 0.765. The van der Waals surface area contributed by atoms with E-state index in [1.165, 1.54) is 0 Å². The number of nitrogens with zero attached hydrogens (tertiary/aromatic N) is 2. The lowest BCUT2D eigenvalue weighted by Gasteiger charge is -2.31. The third-order valence-corrected chi connectivity index (χ3v) is 3.21. The summed E-state index contributed by atoms with van der Waals surface area (Å²) in [7, 11) is 1.80. The molecular formula is C13H16N4O. The number of carbonyl (C=O) groups is 1. The Hall–Kier alpha value is -2.22. The fourth-order valence-corrected chi connectivity index (χ4v) is 2.14. The Morgan fingerprint density at radius 2 is 2.33 bits per heavy atom. The molecule has 2 rings (SSSR count). The van der Waals surface area contributed by atoms with Crippen LogP contribution in [0.1, 0.15) is 18.4 Å². The summed E-state index contributed by atoms with van der Waals surface area (Å²) in [6, 6.07) is 7.59. The van der Waals surface area contributed by atoms with Crippen LogP contribution in [-0.2, 0) is 4.79 Å². The van der Waals surface area contributed by atoms with Crippen LogP contribution in [0.25, 0.3) is 0 Å². The molecule has 1 aromatic rings. The normalized spacial score (nSPS) is 19.4. The minimum Gasteiger partial charge on any atom is -0.396 e. The average molecular weight is 244 g/mol. The molecule has 5 nitrogen and oxygen atoms in total. The molecule has 0 radical (unpaired) electrons. The standard InChI is InChI=1S/C13H16N4O/c1-17-8-10(5-6-12(17)18)16-11-4-2-3-9(7-14)13(11)15/h2-4,10,16H,5-6,8,15H2,1H3. The molecule has 1 aliphatic rings. The first-order chi connectivity index (χ1) is 8.61. The second-order valence-corrected chi connectivity index (χ2v) is 4.53. The molecule has 0 spiro atoms. The van der Waals surface area contributed by atoms with Crippen molar-refractivity contribution in [3.63, 3.8) is 0 Å². The van der Waals surface area contributed by atoms with E-state index in [4.69, 9.17) is 11.0 Å². The number of nitrogens with one attached hydrogen (secondary N) is 1. The lowest BCUT2D eigenvalue weighted by Crippen LogP contribution is -2.43. The van der Waals surface area contributed by atoms with Crippen LogP contribution in [0.4, 0.5) is 11.4 Å². The molecule has 0 saturated carbocycles. The van der Waals surface area contributed by atoms with Crippen LogP contribution >= 0.6 is 0 Å². The number of hydrogen-bond donors (Lipinski definition) is 2. The van der Waals surface area contributed by atoms with Gasteiger partial charge in [0.05, 0.1) is 16.9 Å². The van der Waals surface area contributed by atoms with Gasteiger partial charge in [-0.05, 0) is 18.6 Å². The van der Waals surface area contributed by atoms with Crippen LogP contribution in [0, 0.1) is 11.3 Å². The predicted molar refractivity (Wildman–Crippen MR) is 69.9 cm³/mol. The van der Waals surface area contributed by atoms with Gasteiger partial charge < -0.3 is 16.0 Å². The topological polar surface area (TPSA) is 82.2 Å². The number of piperidine rings is 1. The number of hydrogen-bond acceptors (Lipinski definition) is 4. The average Bonchev–Trinajstić information content (AvgIpc) is 2.36. The van der Waals surface area contributed by atoms with Gasteiger partial charge in [-0.15, -0.1) is 0 Å². The summed E-state index contributed by atoms with van der Waals surface area (Å²) < 4.78 is 0. The van der Waals surface area contributed by atoms with Gasteiger partial charge in [-0.25, -0.2) is 0 Å². The third kappa shape index (κ3) is 2.38. The van der Waals surface area contributed by atoms with E-state index in [2.05, 4.69) is 11.4 Å². The SMILES string of the molecule is CN1CC(Nc2cccc(C#N)c2N)CCC1=O. The van der Waals surface area contributed by atoms with Gasteiger partial charge in [-0.2, -0.15) is 5.26 Å². The largest absolute Gasteiger partial charge is 0.396 e. The molecule has 1 amide bonds. The van der Waals surface area contributed by atoms with Crippen molar-refractivity contribution in [3.05, 3.63) is 23.8 Å². The van der Waals surface area contributed by atoms with Crippen LogP contribution in [0.3, 0.4) is 0 Å². The summed E-state index contributed by atoms with van der Waals surface area (Å²) in [5.41, 5.74) is 7.62. The summed E-state index contributed by atoms with van der Waals surface area (Å²) in [4.78, 5) is 13.1. The van der Waals surface area contributed by atoms with Gasteiger partial charge in [0.15, 0.2) is 0 Å². The molecule has 1 fully saturated rings. The van der Waals surface area contributed by atoms with Crippen molar-refractivity contribution in [2.45, 2.75) is 18.9 Å². The summed E-state index contributed by atoms with van der Waals surface area (Å²) >= 11 is 0. The molecule has 0 bridgehead atoms. The summed E-state index contributed by atoms with van der Waals surface area (Å²) in [5.74, 6) is 0.173. The highest BCUT2D eigenvalue weighted by atomic mass is 16.2. The molecule has 1 saturated heterocycles. The Kier molecular flexibility index (Phi) is 3.38. The second-order valence-electron chi connectivity index (χ2n) is 4.53. The van der Waals surface area contributed by atoms with E-state index in [0.717, 1.165) is 12.1 Å². The first-order valence-corrected chi connectivity index (χ1v) is 5.91. The van der Waals surface area contributed by atoms with Crippen molar-refractivity contribution in [1.82, 2.24) is 4.90 Å². The molecule has 1 aliphatic heterocycles. The molecule has 1 atom stereocenters. The van der Waals surface area contributed by atoms with E-state index in [1.54, 1.807) is 24.1 Å². The van der Waals surface area contributed by atoms with Crippen LogP contribution in [0.2, 0.25) is 0 Å². The number of amides is 1. The number of nitriles is 1. The Bertz CT molecular complexity index is 506. The number of benzene rings is 1. The number of para-hydroxylation sites is 1. The third-order valence-electron chi connectivity index (χ3n) is 3.21. The number of likely N-dealkylation sites (N-methyl/N-ethyl adjacent to an activating group) is 1. The highest BCUT2D eigenvalue weighted by molar-refractivity contribution is 5.77. The molecule has 1 aromatic carbocycles. The maximum atomic E-state index is 11.4. The molecular weight excluding hydrogens is 228 g/mol. The second kappa shape index (κ2) is 4.96. The Labute approximate surface area is 106 Å². The van der Waals surface area contributed by atoms with E-state index < -0.39 is 0 Å². The molecule has 0 aromatic heterocycles. The van der Waals surface area contributed by atoms with E-state index in [-0.39, 0.29) is 11.9 Å². The summed E-state index contributed by atoms with van der Waals surface area (Å²) in [5, 5.41) is 12.2. The van der Waals surface area contributed by atoms with E-state index in [0.29, 0.717) is 24.2 Å². The monoisotopic (exact) mass is 244 g/mol. The van der Waals surface area contributed by atoms with Crippen molar-refractivity contribution in [3.8, 4) is 6.07 Å². The van der Waals surface area contributed by atoms with Gasteiger partial charge in [-0.1, -0.05) is 6.07 Å². The lowest BCUT2D eigenvalue weighted by molar-refractivity contribution is -0.132. The Morgan fingerprint density at radius 3 is 3.00 bits per heavy atom. The predicted octanol–water partition coefficient (Wildman–Crippen LogP) is 1.17. The molecule has 3 N–H and O–H groups in total. The highest BCUT2D eigenvalue weighted by Gasteiger charge is 2.23. The first kappa shape index (κ1) is 12.2. The molecule has 1 heterocycles. The van der Waals surface area contributed by atoms with Crippen LogP contribution in [-0.4, -0.2) is 30.4 Å². The molecule has 5 heteroatoms. The number of carbonyl (C=O) groups excluding carboxylic acids is 1. The molecule has 18 heavy (non-hydrogen) atoms. The number of nitrogens with two attached hydrogens (primary N) is 1. The van der Waals surface area contributed by atoms with Crippen molar-refractivity contribution in [2.75, 3.05) is 24.6 Å². The van der Waals surface area contributed by atoms with E-state index >= 15 is 0 Å². The number of anilines is 2. The summed E-state index contributed by atoms with van der Waals surface area (Å²) in [6.45, 7) is 0.662. The fourth-order valence-electron chi connectivity index (χ4n) is 2.14. The lowest BCUT2D eigenvalue weighted by atomic mass is 10.0. The van der Waals surface area contributed by atoms with Crippen LogP contribution in [0.5, 0.6) is 0 Å². The van der Waals surface area contributed by atoms with Gasteiger partial charge in [0.25, 0.3) is 0 Å². The number of likely N-dealkylation sites (tertiary alicyclic amines) is 1. The fraction of sp³-hybridized carbons (Fsp3) is 0.385. The van der Waals surface area contributed by atoms with Gasteiger partial charge >= 0.3 is 0 Å². The number of nitrogen functional groups attached to an aromatic ring is 1. The van der Waals surface area contributed by atoms with Crippen molar-refractivity contribution < 1.29 is 4.79 Å². The zero-order valence-electron chi connectivity index (χ0n) is 10.3. The first-order valence-electron chi connectivity index (χ1n) is 5.91. The van der Waals surface area contributed by atoms with Gasteiger partial charge in [0, 0.05) is 26.1 Å². The zero-order chi connectivity index (χ0) is 13.1. The van der Waals surface area contributed by atoms with Gasteiger partial charge in [-0.3, -0.25) is 4.79 Å². The maximum absolute atomic E-state index is 11.4. The molecule has 94 valence electrons. The highest BCUT2D eigenvalue weighted by Crippen LogP contribution is 2.24. The Balaban J connectivity index is 2.11. The molecule has 0 aliphatic carbocycles. The maximum Gasteiger partial charge on any atom is 0.222 e. The molecule has 1 unspecified atom stereocenters. The minimum atomic E-state index is 0.173. The number of rotatable bonds is 2. The van der Waals surface area contributed by atoms with Crippen molar-refractivity contribution in [1.29, 1.82) is 5.26 Å². The Morgan fingerprint density at radius 1 is 1.56 bits per heavy atom. The summed E-state index contributed by atoms with van der Waals surface area (Å²) in [6.07, 6.45) is 1.34. The van der Waals surface area contributed by atoms with Crippen molar-refractivity contribution >= 4 is 17.3 Å². The van der Waals surface area contributed by atoms with E-state index in [9.17, 15) is 4.79 Å². The minimum absolute atomic E-state index is 0.173. The van der Waals surface area contributed by atoms with Crippen LogP contribution < -0.4 is 11.1 Å². The van der Waals surface area contributed by atoms with Gasteiger partial charge in [0.1, 0.15) is 6.07 Å². The zero-order valence-corrected chi connectivity index (χ0v) is 10.3. The van der Waals surface area contributed by atoms with Crippen molar-refractivity contribution in [2.24, 2.45) is 0 Å². The van der Waals surface area contributed by atoms with Crippen LogP contribution in [0.15, 0.2) is 18.2 Å².